The van der Waals surface area contributed by atoms with E-state index in [4.69, 9.17) is 11.6 Å². The van der Waals surface area contributed by atoms with Gasteiger partial charge in [0.1, 0.15) is 0 Å². The summed E-state index contributed by atoms with van der Waals surface area (Å²) >= 11 is 10.9. The molecule has 0 spiro atoms. The van der Waals surface area contributed by atoms with Crippen LogP contribution in [0.3, 0.4) is 0 Å². The minimum atomic E-state index is -0.189. The number of nitrogens with one attached hydrogen (secondary N) is 1. The Balaban J connectivity index is 2.05. The summed E-state index contributed by atoms with van der Waals surface area (Å²) in [6, 6.07) is 9.21. The molecular formula is C13H9BrClNOS. The van der Waals surface area contributed by atoms with E-state index in [0.29, 0.717) is 15.2 Å². The molecule has 0 radical (unpaired) electrons. The molecule has 92 valence electrons. The summed E-state index contributed by atoms with van der Waals surface area (Å²) in [6.45, 7) is 0. The fourth-order valence-corrected chi connectivity index (χ4v) is 2.47. The molecule has 0 bridgehead atoms. The van der Waals surface area contributed by atoms with Crippen molar-refractivity contribution in [1.29, 1.82) is 0 Å². The molecule has 0 saturated carbocycles. The van der Waals surface area contributed by atoms with E-state index < -0.39 is 0 Å². The molecule has 2 nitrogen and oxygen atoms in total. The Morgan fingerprint density at radius 1 is 1.33 bits per heavy atom. The van der Waals surface area contributed by atoms with Crippen molar-refractivity contribution in [2.45, 2.75) is 0 Å². The van der Waals surface area contributed by atoms with Crippen LogP contribution < -0.4 is 5.32 Å². The summed E-state index contributed by atoms with van der Waals surface area (Å²) in [5, 5.41) is 5.29. The first kappa shape index (κ1) is 13.3. The third-order valence-corrected chi connectivity index (χ3v) is 4.39. The second kappa shape index (κ2) is 6.18. The van der Waals surface area contributed by atoms with E-state index >= 15 is 0 Å². The van der Waals surface area contributed by atoms with Gasteiger partial charge >= 0.3 is 0 Å². The Morgan fingerprint density at radius 2 is 2.17 bits per heavy atom. The van der Waals surface area contributed by atoms with E-state index in [1.807, 2.05) is 17.5 Å². The third kappa shape index (κ3) is 3.45. The number of thiophene rings is 1. The summed E-state index contributed by atoms with van der Waals surface area (Å²) in [6.07, 6.45) is 3.28. The van der Waals surface area contributed by atoms with Crippen molar-refractivity contribution in [1.82, 2.24) is 0 Å². The average molecular weight is 343 g/mol. The lowest BCUT2D eigenvalue weighted by molar-refractivity contribution is -0.111. The van der Waals surface area contributed by atoms with Crippen molar-refractivity contribution in [3.8, 4) is 0 Å². The second-order valence-corrected chi connectivity index (χ2v) is 5.62. The molecule has 1 aromatic carbocycles. The molecule has 0 fully saturated rings. The zero-order valence-corrected chi connectivity index (χ0v) is 12.3. The lowest BCUT2D eigenvalue weighted by Gasteiger charge is -2.05. The van der Waals surface area contributed by atoms with Gasteiger partial charge < -0.3 is 5.32 Å². The number of carbonyl (C=O) groups excluding carboxylic acids is 1. The standard InChI is InChI=1S/C13H9BrClNOS/c14-13-10(15)4-1-5-11(13)16-12(17)7-6-9-3-2-8-18-9/h1-8H,(H,16,17)/b7-6+. The van der Waals surface area contributed by atoms with Crippen molar-refractivity contribution >= 4 is 56.5 Å². The topological polar surface area (TPSA) is 29.1 Å². The maximum absolute atomic E-state index is 11.7. The number of anilines is 1. The predicted octanol–water partition coefficient (Wildman–Crippen LogP) is 4.82. The average Bonchev–Trinajstić information content (AvgIpc) is 2.86. The lowest BCUT2D eigenvalue weighted by atomic mass is 10.3. The van der Waals surface area contributed by atoms with Gasteiger partial charge in [0.2, 0.25) is 5.91 Å². The van der Waals surface area contributed by atoms with E-state index in [9.17, 15) is 4.79 Å². The van der Waals surface area contributed by atoms with Crippen molar-refractivity contribution < 1.29 is 4.79 Å². The Morgan fingerprint density at radius 3 is 2.89 bits per heavy atom. The van der Waals surface area contributed by atoms with Crippen LogP contribution in [-0.2, 0) is 4.79 Å². The fraction of sp³-hybridized carbons (Fsp3) is 0. The number of benzene rings is 1. The molecule has 0 saturated heterocycles. The van der Waals surface area contributed by atoms with E-state index in [0.717, 1.165) is 4.88 Å². The van der Waals surface area contributed by atoms with Crippen molar-refractivity contribution in [3.63, 3.8) is 0 Å². The normalized spacial score (nSPS) is 10.8. The van der Waals surface area contributed by atoms with Gasteiger partial charge in [-0.25, -0.2) is 0 Å². The molecule has 5 heteroatoms. The highest BCUT2D eigenvalue weighted by Crippen LogP contribution is 2.29. The van der Waals surface area contributed by atoms with Crippen molar-refractivity contribution in [2.75, 3.05) is 5.32 Å². The lowest BCUT2D eigenvalue weighted by Crippen LogP contribution is -2.08. The Hall–Kier alpha value is -1.10. The van der Waals surface area contributed by atoms with Crippen LogP contribution in [0.5, 0.6) is 0 Å². The maximum Gasteiger partial charge on any atom is 0.248 e. The van der Waals surface area contributed by atoms with Crippen LogP contribution in [0.25, 0.3) is 6.08 Å². The maximum atomic E-state index is 11.7. The number of rotatable bonds is 3. The summed E-state index contributed by atoms with van der Waals surface area (Å²) in [4.78, 5) is 12.8. The van der Waals surface area contributed by atoms with Gasteiger partial charge in [-0.15, -0.1) is 11.3 Å². The second-order valence-electron chi connectivity index (χ2n) is 3.44. The zero-order valence-electron chi connectivity index (χ0n) is 9.19. The molecule has 0 aliphatic rings. The quantitative estimate of drug-likeness (QED) is 0.796. The number of hydrogen-bond donors (Lipinski definition) is 1. The van der Waals surface area contributed by atoms with Gasteiger partial charge in [0.25, 0.3) is 0 Å². The van der Waals surface area contributed by atoms with Gasteiger partial charge in [0.05, 0.1) is 15.2 Å². The van der Waals surface area contributed by atoms with Crippen molar-refractivity contribution in [2.24, 2.45) is 0 Å². The van der Waals surface area contributed by atoms with Gasteiger partial charge in [-0.05, 0) is 45.6 Å². The molecule has 18 heavy (non-hydrogen) atoms. The predicted molar refractivity (Wildman–Crippen MR) is 81.1 cm³/mol. The molecular weight excluding hydrogens is 334 g/mol. The Bertz CT molecular complexity index is 581. The summed E-state index contributed by atoms with van der Waals surface area (Å²) in [7, 11) is 0. The van der Waals surface area contributed by atoms with Gasteiger partial charge in [-0.3, -0.25) is 4.79 Å². The third-order valence-electron chi connectivity index (χ3n) is 2.15. The van der Waals surface area contributed by atoms with Crippen LogP contribution in [0.4, 0.5) is 5.69 Å². The van der Waals surface area contributed by atoms with Crippen LogP contribution in [0.15, 0.2) is 46.3 Å². The van der Waals surface area contributed by atoms with Gasteiger partial charge in [0, 0.05) is 11.0 Å². The highest BCUT2D eigenvalue weighted by Gasteiger charge is 2.05. The molecule has 0 aliphatic carbocycles. The number of halogens is 2. The molecule has 0 aliphatic heterocycles. The van der Waals surface area contributed by atoms with E-state index in [2.05, 4.69) is 21.2 Å². The highest BCUT2D eigenvalue weighted by molar-refractivity contribution is 9.10. The molecule has 0 unspecified atom stereocenters. The largest absolute Gasteiger partial charge is 0.321 e. The Labute approximate surface area is 122 Å². The number of carbonyl (C=O) groups is 1. The smallest absolute Gasteiger partial charge is 0.248 e. The summed E-state index contributed by atoms with van der Waals surface area (Å²) in [5.74, 6) is -0.189. The van der Waals surface area contributed by atoms with E-state index in [1.165, 1.54) is 6.08 Å². The highest BCUT2D eigenvalue weighted by atomic mass is 79.9. The molecule has 2 rings (SSSR count). The molecule has 1 amide bonds. The SMILES string of the molecule is O=C(/C=C/c1cccs1)Nc1cccc(Cl)c1Br. The molecule has 1 heterocycles. The van der Waals surface area contributed by atoms with Crippen LogP contribution in [0.2, 0.25) is 5.02 Å². The first-order valence-electron chi connectivity index (χ1n) is 5.13. The van der Waals surface area contributed by atoms with Crippen LogP contribution in [0.1, 0.15) is 4.88 Å². The van der Waals surface area contributed by atoms with Crippen LogP contribution >= 0.6 is 38.9 Å². The van der Waals surface area contributed by atoms with Gasteiger partial charge in [0.15, 0.2) is 0 Å². The Kier molecular flexibility index (Phi) is 4.58. The monoisotopic (exact) mass is 341 g/mol. The molecule has 1 N–H and O–H groups in total. The number of hydrogen-bond acceptors (Lipinski definition) is 2. The van der Waals surface area contributed by atoms with Crippen LogP contribution in [0, 0.1) is 0 Å². The first-order chi connectivity index (χ1) is 8.66. The molecule has 1 aromatic heterocycles. The summed E-state index contributed by atoms with van der Waals surface area (Å²) in [5.41, 5.74) is 0.656. The van der Waals surface area contributed by atoms with Crippen LogP contribution in [-0.4, -0.2) is 5.91 Å². The minimum Gasteiger partial charge on any atom is -0.321 e. The zero-order chi connectivity index (χ0) is 13.0. The van der Waals surface area contributed by atoms with E-state index in [-0.39, 0.29) is 5.91 Å². The molecule has 0 atom stereocenters. The van der Waals surface area contributed by atoms with Gasteiger partial charge in [-0.1, -0.05) is 23.7 Å². The molecule has 2 aromatic rings. The fourth-order valence-electron chi connectivity index (χ4n) is 1.32. The minimum absolute atomic E-state index is 0.189. The van der Waals surface area contributed by atoms with Crippen molar-refractivity contribution in [3.05, 3.63) is 56.2 Å². The summed E-state index contributed by atoms with van der Waals surface area (Å²) < 4.78 is 0.685. The van der Waals surface area contributed by atoms with E-state index in [1.54, 1.807) is 35.6 Å². The van der Waals surface area contributed by atoms with Gasteiger partial charge in [-0.2, -0.15) is 0 Å². The first-order valence-corrected chi connectivity index (χ1v) is 7.18. The number of amides is 1.